The van der Waals surface area contributed by atoms with Crippen LogP contribution in [-0.4, -0.2) is 28.9 Å². The van der Waals surface area contributed by atoms with Crippen molar-refractivity contribution in [1.29, 1.82) is 0 Å². The molecule has 0 radical (unpaired) electrons. The molecule has 24 heavy (non-hydrogen) atoms. The van der Waals surface area contributed by atoms with Crippen molar-refractivity contribution >= 4 is 10.0 Å². The first-order chi connectivity index (χ1) is 11.5. The molecule has 7 heteroatoms. The van der Waals surface area contributed by atoms with E-state index in [1.807, 2.05) is 30.3 Å². The second-order valence-electron chi connectivity index (χ2n) is 6.90. The molecule has 0 atom stereocenters. The van der Waals surface area contributed by atoms with E-state index in [1.54, 1.807) is 10.9 Å². The largest absolute Gasteiger partial charge is 0.285 e. The molecule has 1 aromatic heterocycles. The van der Waals surface area contributed by atoms with Crippen molar-refractivity contribution in [1.82, 2.24) is 19.5 Å². The maximum Gasteiger partial charge on any atom is 0.212 e. The van der Waals surface area contributed by atoms with Gasteiger partial charge in [0.2, 0.25) is 10.0 Å². The minimum Gasteiger partial charge on any atom is -0.285 e. The fraction of sp³-hybridized carbons (Fsp3) is 0.529. The lowest BCUT2D eigenvalue weighted by Crippen LogP contribution is -2.36. The molecule has 0 aliphatic heterocycles. The highest BCUT2D eigenvalue weighted by Gasteiger charge is 2.32. The van der Waals surface area contributed by atoms with Gasteiger partial charge in [0.15, 0.2) is 5.82 Å². The summed E-state index contributed by atoms with van der Waals surface area (Å²) in [4.78, 5) is 0. The van der Waals surface area contributed by atoms with Crippen molar-refractivity contribution in [2.24, 2.45) is 5.41 Å². The van der Waals surface area contributed by atoms with Crippen molar-refractivity contribution in [2.75, 3.05) is 5.75 Å². The molecule has 1 N–H and O–H groups in total. The molecular weight excluding hydrogens is 324 g/mol. The van der Waals surface area contributed by atoms with Gasteiger partial charge in [-0.1, -0.05) is 44.4 Å². The number of nitrogens with zero attached hydrogens (tertiary/aromatic N) is 3. The normalized spacial score (nSPS) is 17.7. The lowest BCUT2D eigenvalue weighted by Gasteiger charge is -2.33. The Morgan fingerprint density at radius 2 is 1.88 bits per heavy atom. The van der Waals surface area contributed by atoms with Crippen molar-refractivity contribution in [3.8, 4) is 5.69 Å². The van der Waals surface area contributed by atoms with Gasteiger partial charge in [0.1, 0.15) is 6.33 Å². The third-order valence-corrected chi connectivity index (χ3v) is 6.36. The number of nitrogens with one attached hydrogen (secondary N) is 1. The van der Waals surface area contributed by atoms with Gasteiger partial charge in [0, 0.05) is 5.69 Å². The Labute approximate surface area is 143 Å². The number of sulfonamides is 1. The van der Waals surface area contributed by atoms with Crippen molar-refractivity contribution in [3.63, 3.8) is 0 Å². The predicted molar refractivity (Wildman–Crippen MR) is 93.2 cm³/mol. The summed E-state index contributed by atoms with van der Waals surface area (Å²) in [5.74, 6) is 0.762. The summed E-state index contributed by atoms with van der Waals surface area (Å²) >= 11 is 0. The van der Waals surface area contributed by atoms with E-state index in [0.717, 1.165) is 31.4 Å². The van der Waals surface area contributed by atoms with Crippen LogP contribution < -0.4 is 4.72 Å². The number of para-hydroxylation sites is 1. The van der Waals surface area contributed by atoms with Gasteiger partial charge in [0.25, 0.3) is 0 Å². The van der Waals surface area contributed by atoms with Gasteiger partial charge < -0.3 is 0 Å². The summed E-state index contributed by atoms with van der Waals surface area (Å²) in [6.07, 6.45) is 7.01. The van der Waals surface area contributed by atoms with Crippen LogP contribution in [0.3, 0.4) is 0 Å². The number of hydrogen-bond acceptors (Lipinski definition) is 4. The van der Waals surface area contributed by atoms with E-state index in [4.69, 9.17) is 0 Å². The Morgan fingerprint density at radius 1 is 1.17 bits per heavy atom. The molecule has 1 aliphatic rings. The van der Waals surface area contributed by atoms with E-state index in [1.165, 1.54) is 6.42 Å². The molecule has 1 saturated carbocycles. The van der Waals surface area contributed by atoms with E-state index >= 15 is 0 Å². The van der Waals surface area contributed by atoms with Gasteiger partial charge in [-0.25, -0.2) is 13.1 Å². The minimum atomic E-state index is -3.35. The van der Waals surface area contributed by atoms with E-state index < -0.39 is 10.0 Å². The van der Waals surface area contributed by atoms with E-state index in [0.29, 0.717) is 5.82 Å². The fourth-order valence-electron chi connectivity index (χ4n) is 3.42. The zero-order valence-corrected chi connectivity index (χ0v) is 14.8. The summed E-state index contributed by atoms with van der Waals surface area (Å²) in [5, 5.41) is 7.95. The van der Waals surface area contributed by atoms with Gasteiger partial charge in [-0.05, 0) is 30.4 Å². The van der Waals surface area contributed by atoms with Crippen LogP contribution in [0.15, 0.2) is 36.7 Å². The van der Waals surface area contributed by atoms with E-state index in [-0.39, 0.29) is 17.7 Å². The second kappa shape index (κ2) is 7.03. The smallest absolute Gasteiger partial charge is 0.212 e. The summed E-state index contributed by atoms with van der Waals surface area (Å²) in [5.41, 5.74) is 0.799. The van der Waals surface area contributed by atoms with Crippen molar-refractivity contribution in [2.45, 2.75) is 45.6 Å². The molecule has 3 rings (SSSR count). The molecule has 6 nitrogen and oxygen atoms in total. The molecular formula is C17H24N4O2S. The zero-order valence-electron chi connectivity index (χ0n) is 14.0. The van der Waals surface area contributed by atoms with Crippen LogP contribution in [0.1, 0.15) is 44.9 Å². The highest BCUT2D eigenvalue weighted by atomic mass is 32.2. The Morgan fingerprint density at radius 3 is 2.58 bits per heavy atom. The van der Waals surface area contributed by atoms with Gasteiger partial charge in [0.05, 0.1) is 12.3 Å². The van der Waals surface area contributed by atoms with Gasteiger partial charge in [-0.15, -0.1) is 10.2 Å². The van der Waals surface area contributed by atoms with Crippen LogP contribution >= 0.6 is 0 Å². The summed E-state index contributed by atoms with van der Waals surface area (Å²) in [6.45, 7) is 2.23. The maximum atomic E-state index is 12.5. The maximum absolute atomic E-state index is 12.5. The summed E-state index contributed by atoms with van der Waals surface area (Å²) in [7, 11) is -3.35. The number of hydrogen-bond donors (Lipinski definition) is 1. The summed E-state index contributed by atoms with van der Waals surface area (Å²) in [6, 6.07) is 9.65. The first kappa shape index (κ1) is 17.1. The molecule has 0 unspecified atom stereocenters. The molecule has 0 saturated heterocycles. The standard InChI is InChI=1S/C17H24N4O2S/c1-17(10-6-3-7-11-17)13-24(22,23)19-12-16-20-18-14-21(16)15-8-4-2-5-9-15/h2,4-5,8-9,14,19H,3,6-7,10-13H2,1H3. The predicted octanol–water partition coefficient (Wildman–Crippen LogP) is 2.66. The molecule has 2 aromatic rings. The Hall–Kier alpha value is -1.73. The van der Waals surface area contributed by atoms with Gasteiger partial charge >= 0.3 is 0 Å². The summed E-state index contributed by atoms with van der Waals surface area (Å²) < 4.78 is 29.4. The van der Waals surface area contributed by atoms with Gasteiger partial charge in [-0.2, -0.15) is 0 Å². The molecule has 0 bridgehead atoms. The number of rotatable bonds is 6. The van der Waals surface area contributed by atoms with Crippen molar-refractivity contribution < 1.29 is 8.42 Å². The average molecular weight is 348 g/mol. The molecule has 130 valence electrons. The SMILES string of the molecule is CC1(CS(=O)(=O)NCc2nncn2-c2ccccc2)CCCCC1. The highest BCUT2D eigenvalue weighted by molar-refractivity contribution is 7.89. The Kier molecular flexibility index (Phi) is 5.01. The average Bonchev–Trinajstić information content (AvgIpc) is 3.02. The van der Waals surface area contributed by atoms with Gasteiger partial charge in [-0.3, -0.25) is 4.57 Å². The number of aromatic nitrogens is 3. The minimum absolute atomic E-state index is 0.114. The zero-order chi connectivity index (χ0) is 17.0. The molecule has 0 spiro atoms. The van der Waals surface area contributed by atoms with Crippen LogP contribution in [-0.2, 0) is 16.6 Å². The lowest BCUT2D eigenvalue weighted by atomic mass is 9.77. The Balaban J connectivity index is 1.66. The third kappa shape index (κ3) is 4.21. The molecule has 0 amide bonds. The molecule has 1 aliphatic carbocycles. The third-order valence-electron chi connectivity index (χ3n) is 4.70. The monoisotopic (exact) mass is 348 g/mol. The molecule has 1 heterocycles. The first-order valence-electron chi connectivity index (χ1n) is 8.39. The molecule has 1 aromatic carbocycles. The first-order valence-corrected chi connectivity index (χ1v) is 10.0. The number of benzene rings is 1. The van der Waals surface area contributed by atoms with E-state index in [2.05, 4.69) is 21.8 Å². The van der Waals surface area contributed by atoms with Crippen molar-refractivity contribution in [3.05, 3.63) is 42.5 Å². The topological polar surface area (TPSA) is 76.9 Å². The van der Waals surface area contributed by atoms with E-state index in [9.17, 15) is 8.42 Å². The molecule has 1 fully saturated rings. The fourth-order valence-corrected chi connectivity index (χ4v) is 5.07. The lowest BCUT2D eigenvalue weighted by molar-refractivity contribution is 0.246. The highest BCUT2D eigenvalue weighted by Crippen LogP contribution is 2.36. The van der Waals surface area contributed by atoms with Crippen LogP contribution in [0.4, 0.5) is 0 Å². The Bertz CT molecular complexity index is 765. The van der Waals surface area contributed by atoms with Crippen LogP contribution in [0.25, 0.3) is 5.69 Å². The second-order valence-corrected chi connectivity index (χ2v) is 8.71. The quantitative estimate of drug-likeness (QED) is 0.871. The van der Waals surface area contributed by atoms with Crippen LogP contribution in [0, 0.1) is 5.41 Å². The van der Waals surface area contributed by atoms with Crippen LogP contribution in [0.5, 0.6) is 0 Å². The van der Waals surface area contributed by atoms with Crippen LogP contribution in [0.2, 0.25) is 0 Å².